The van der Waals surface area contributed by atoms with Crippen molar-refractivity contribution in [3.8, 4) is 0 Å². The quantitative estimate of drug-likeness (QED) is 0.594. The van der Waals surface area contributed by atoms with Crippen molar-refractivity contribution in [1.29, 1.82) is 0 Å². The van der Waals surface area contributed by atoms with E-state index in [1.54, 1.807) is 0 Å². The Morgan fingerprint density at radius 3 is 2.00 bits per heavy atom. The summed E-state index contributed by atoms with van der Waals surface area (Å²) in [5.74, 6) is 1.26. The molecular formula is C12H26O2. The maximum Gasteiger partial charge on any atom is 0.151 e. The third-order valence-electron chi connectivity index (χ3n) is 2.79. The van der Waals surface area contributed by atoms with Crippen molar-refractivity contribution in [2.45, 2.75) is 65.6 Å². The highest BCUT2D eigenvalue weighted by molar-refractivity contribution is 4.58. The van der Waals surface area contributed by atoms with Crippen LogP contribution in [-0.4, -0.2) is 16.5 Å². The summed E-state index contributed by atoms with van der Waals surface area (Å²) in [6.45, 7) is 6.61. The summed E-state index contributed by atoms with van der Waals surface area (Å²) in [7, 11) is 0. The summed E-state index contributed by atoms with van der Waals surface area (Å²) >= 11 is 0. The summed E-state index contributed by atoms with van der Waals surface area (Å²) in [6, 6.07) is 0. The standard InChI is InChI=1S/C12H26O2/c1-4-6-10(2)7-5-8-11(3)9-12(13)14/h10-14H,4-9H2,1-3H3. The van der Waals surface area contributed by atoms with E-state index < -0.39 is 6.29 Å². The van der Waals surface area contributed by atoms with Gasteiger partial charge in [0.05, 0.1) is 0 Å². The van der Waals surface area contributed by atoms with Crippen LogP contribution in [0.3, 0.4) is 0 Å². The molecule has 0 saturated heterocycles. The molecule has 86 valence electrons. The highest BCUT2D eigenvalue weighted by atomic mass is 16.5. The first-order valence-electron chi connectivity index (χ1n) is 5.92. The Morgan fingerprint density at radius 2 is 1.50 bits per heavy atom. The van der Waals surface area contributed by atoms with Crippen molar-refractivity contribution < 1.29 is 10.2 Å². The molecule has 0 aromatic carbocycles. The maximum absolute atomic E-state index is 8.77. The molecule has 0 aromatic heterocycles. The zero-order chi connectivity index (χ0) is 11.0. The van der Waals surface area contributed by atoms with Crippen LogP contribution in [0.5, 0.6) is 0 Å². The van der Waals surface area contributed by atoms with Crippen molar-refractivity contribution in [2.75, 3.05) is 0 Å². The molecule has 0 spiro atoms. The lowest BCUT2D eigenvalue weighted by atomic mass is 9.94. The van der Waals surface area contributed by atoms with Crippen LogP contribution in [0.1, 0.15) is 59.3 Å². The molecule has 0 aromatic rings. The van der Waals surface area contributed by atoms with Crippen LogP contribution in [0.2, 0.25) is 0 Å². The second-order valence-electron chi connectivity index (χ2n) is 4.65. The second-order valence-corrected chi connectivity index (χ2v) is 4.65. The molecule has 0 amide bonds. The van der Waals surface area contributed by atoms with Crippen molar-refractivity contribution in [2.24, 2.45) is 11.8 Å². The van der Waals surface area contributed by atoms with E-state index in [4.69, 9.17) is 10.2 Å². The first kappa shape index (κ1) is 13.9. The molecule has 0 saturated carbocycles. The first-order chi connectivity index (χ1) is 6.56. The lowest BCUT2D eigenvalue weighted by molar-refractivity contribution is -0.0552. The fraction of sp³-hybridized carbons (Fsp3) is 1.00. The van der Waals surface area contributed by atoms with Crippen molar-refractivity contribution in [1.82, 2.24) is 0 Å². The van der Waals surface area contributed by atoms with E-state index in [1.165, 1.54) is 25.7 Å². The smallest absolute Gasteiger partial charge is 0.151 e. The third kappa shape index (κ3) is 8.52. The molecule has 2 atom stereocenters. The molecule has 0 rings (SSSR count). The number of aliphatic hydroxyl groups is 2. The first-order valence-corrected chi connectivity index (χ1v) is 5.92. The molecule has 2 unspecified atom stereocenters. The Labute approximate surface area is 88.3 Å². The van der Waals surface area contributed by atoms with E-state index in [2.05, 4.69) is 20.8 Å². The van der Waals surface area contributed by atoms with Crippen LogP contribution in [0.4, 0.5) is 0 Å². The van der Waals surface area contributed by atoms with E-state index >= 15 is 0 Å². The van der Waals surface area contributed by atoms with Gasteiger partial charge in [-0.25, -0.2) is 0 Å². The minimum atomic E-state index is -1.13. The van der Waals surface area contributed by atoms with Gasteiger partial charge in [-0.15, -0.1) is 0 Å². The fourth-order valence-corrected chi connectivity index (χ4v) is 1.93. The Hall–Kier alpha value is -0.0800. The summed E-state index contributed by atoms with van der Waals surface area (Å²) in [5, 5.41) is 17.5. The summed E-state index contributed by atoms with van der Waals surface area (Å²) in [5.41, 5.74) is 0. The molecule has 0 aliphatic heterocycles. The van der Waals surface area contributed by atoms with Gasteiger partial charge in [0.2, 0.25) is 0 Å². The summed E-state index contributed by atoms with van der Waals surface area (Å²) in [4.78, 5) is 0. The molecule has 2 nitrogen and oxygen atoms in total. The Morgan fingerprint density at radius 1 is 0.929 bits per heavy atom. The molecule has 0 bridgehead atoms. The summed E-state index contributed by atoms with van der Waals surface area (Å²) < 4.78 is 0. The Balaban J connectivity index is 3.34. The van der Waals surface area contributed by atoms with Crippen molar-refractivity contribution >= 4 is 0 Å². The fourth-order valence-electron chi connectivity index (χ4n) is 1.93. The van der Waals surface area contributed by atoms with Crippen LogP contribution in [0, 0.1) is 11.8 Å². The van der Waals surface area contributed by atoms with E-state index in [-0.39, 0.29) is 0 Å². The lowest BCUT2D eigenvalue weighted by Crippen LogP contribution is -2.10. The van der Waals surface area contributed by atoms with Crippen LogP contribution in [-0.2, 0) is 0 Å². The highest BCUT2D eigenvalue weighted by Crippen LogP contribution is 2.18. The normalized spacial score (nSPS) is 15.9. The molecule has 0 aliphatic carbocycles. The molecule has 2 heteroatoms. The molecule has 0 aliphatic rings. The van der Waals surface area contributed by atoms with E-state index in [0.29, 0.717) is 12.3 Å². The Bertz CT molecular complexity index is 123. The average Bonchev–Trinajstić information content (AvgIpc) is 2.02. The predicted molar refractivity (Wildman–Crippen MR) is 59.9 cm³/mol. The minimum absolute atomic E-state index is 0.434. The zero-order valence-corrected chi connectivity index (χ0v) is 9.87. The zero-order valence-electron chi connectivity index (χ0n) is 9.87. The van der Waals surface area contributed by atoms with Gasteiger partial charge in [-0.3, -0.25) is 0 Å². The van der Waals surface area contributed by atoms with Gasteiger partial charge in [-0.2, -0.15) is 0 Å². The number of hydrogen-bond donors (Lipinski definition) is 2. The van der Waals surface area contributed by atoms with E-state index in [9.17, 15) is 0 Å². The Kier molecular flexibility index (Phi) is 8.20. The van der Waals surface area contributed by atoms with Gasteiger partial charge in [-0.05, 0) is 11.8 Å². The topological polar surface area (TPSA) is 40.5 Å². The SMILES string of the molecule is CCCC(C)CCCC(C)CC(O)O. The number of hydrogen-bond acceptors (Lipinski definition) is 2. The predicted octanol–water partition coefficient (Wildman–Crippen LogP) is 2.93. The monoisotopic (exact) mass is 202 g/mol. The highest BCUT2D eigenvalue weighted by Gasteiger charge is 2.08. The van der Waals surface area contributed by atoms with Crippen LogP contribution >= 0.6 is 0 Å². The van der Waals surface area contributed by atoms with E-state index in [0.717, 1.165) is 12.3 Å². The van der Waals surface area contributed by atoms with Crippen molar-refractivity contribution in [3.63, 3.8) is 0 Å². The summed E-state index contributed by atoms with van der Waals surface area (Å²) in [6.07, 6.45) is 5.59. The maximum atomic E-state index is 8.77. The van der Waals surface area contributed by atoms with Crippen LogP contribution < -0.4 is 0 Å². The van der Waals surface area contributed by atoms with Crippen LogP contribution in [0.25, 0.3) is 0 Å². The molecule has 0 radical (unpaired) electrons. The van der Waals surface area contributed by atoms with Gasteiger partial charge >= 0.3 is 0 Å². The average molecular weight is 202 g/mol. The number of aliphatic hydroxyl groups excluding tert-OH is 1. The molecule has 0 fully saturated rings. The van der Waals surface area contributed by atoms with Crippen LogP contribution in [0.15, 0.2) is 0 Å². The van der Waals surface area contributed by atoms with Gasteiger partial charge in [0, 0.05) is 6.42 Å². The molecule has 2 N–H and O–H groups in total. The van der Waals surface area contributed by atoms with E-state index in [1.807, 2.05) is 0 Å². The molecule has 0 heterocycles. The number of rotatable bonds is 8. The van der Waals surface area contributed by atoms with Gasteiger partial charge in [0.1, 0.15) is 0 Å². The van der Waals surface area contributed by atoms with Gasteiger partial charge in [0.25, 0.3) is 0 Å². The minimum Gasteiger partial charge on any atom is -0.368 e. The van der Waals surface area contributed by atoms with Gasteiger partial charge in [-0.1, -0.05) is 52.9 Å². The van der Waals surface area contributed by atoms with Gasteiger partial charge in [0.15, 0.2) is 6.29 Å². The van der Waals surface area contributed by atoms with Crippen molar-refractivity contribution in [3.05, 3.63) is 0 Å². The largest absolute Gasteiger partial charge is 0.368 e. The third-order valence-corrected chi connectivity index (χ3v) is 2.79. The molecule has 14 heavy (non-hydrogen) atoms. The molecular weight excluding hydrogens is 176 g/mol. The lowest BCUT2D eigenvalue weighted by Gasteiger charge is -2.14. The second kappa shape index (κ2) is 8.25. The van der Waals surface area contributed by atoms with Gasteiger partial charge < -0.3 is 10.2 Å².